The fourth-order valence-electron chi connectivity index (χ4n) is 3.38. The van der Waals surface area contributed by atoms with E-state index in [9.17, 15) is 13.2 Å². The van der Waals surface area contributed by atoms with Crippen LogP contribution in [0, 0.1) is 13.8 Å². The first-order valence-corrected chi connectivity index (χ1v) is 10.6. The summed E-state index contributed by atoms with van der Waals surface area (Å²) in [6, 6.07) is 5.86. The van der Waals surface area contributed by atoms with E-state index in [-0.39, 0.29) is 18.5 Å². The molecule has 1 aliphatic carbocycles. The van der Waals surface area contributed by atoms with Gasteiger partial charge in [0.25, 0.3) is 0 Å². The molecular weight excluding hydrogens is 350 g/mol. The van der Waals surface area contributed by atoms with Crippen molar-refractivity contribution in [1.82, 2.24) is 9.21 Å². The monoisotopic (exact) mass is 381 g/mol. The van der Waals surface area contributed by atoms with Crippen molar-refractivity contribution in [2.45, 2.75) is 52.0 Å². The molecule has 0 saturated heterocycles. The molecule has 0 radical (unpaired) electrons. The maximum atomic E-state index is 12.9. The molecule has 1 aromatic rings. The number of amides is 1. The molecule has 0 spiro atoms. The van der Waals surface area contributed by atoms with Gasteiger partial charge < -0.3 is 4.90 Å². The van der Waals surface area contributed by atoms with Gasteiger partial charge >= 0.3 is 10.2 Å². The van der Waals surface area contributed by atoms with E-state index in [0.717, 1.165) is 41.1 Å². The van der Waals surface area contributed by atoms with E-state index in [1.807, 2.05) is 32.0 Å². The molecule has 0 unspecified atom stereocenters. The molecule has 1 amide bonds. The zero-order valence-corrected chi connectivity index (χ0v) is 17.3. The third-order valence-corrected chi connectivity index (χ3v) is 6.97. The van der Waals surface area contributed by atoms with Gasteiger partial charge in [0, 0.05) is 27.2 Å². The summed E-state index contributed by atoms with van der Waals surface area (Å²) in [5.41, 5.74) is 2.34. The first-order valence-electron chi connectivity index (χ1n) is 9.17. The molecule has 0 aromatic heterocycles. The lowest BCUT2D eigenvalue weighted by Crippen LogP contribution is -2.48. The SMILES string of the molecule is Cc1ccc(C)c(N(CC(=O)N(C)C2CCCCC2)S(=O)(=O)N(C)C)c1. The Labute approximate surface area is 158 Å². The number of anilines is 1. The van der Waals surface area contributed by atoms with Crippen molar-refractivity contribution >= 4 is 21.8 Å². The maximum Gasteiger partial charge on any atom is 0.304 e. The summed E-state index contributed by atoms with van der Waals surface area (Å²) in [6.07, 6.45) is 5.44. The Bertz CT molecular complexity index is 740. The average Bonchev–Trinajstić information content (AvgIpc) is 2.61. The molecule has 2 rings (SSSR count). The van der Waals surface area contributed by atoms with Crippen molar-refractivity contribution in [1.29, 1.82) is 0 Å². The number of rotatable bonds is 6. The number of likely N-dealkylation sites (N-methyl/N-ethyl adjacent to an activating group) is 1. The van der Waals surface area contributed by atoms with Gasteiger partial charge in [0.05, 0.1) is 5.69 Å². The van der Waals surface area contributed by atoms with Crippen molar-refractivity contribution in [3.8, 4) is 0 Å². The summed E-state index contributed by atoms with van der Waals surface area (Å²) >= 11 is 0. The van der Waals surface area contributed by atoms with Gasteiger partial charge in [0.15, 0.2) is 0 Å². The second kappa shape index (κ2) is 8.39. The van der Waals surface area contributed by atoms with Gasteiger partial charge in [0.2, 0.25) is 5.91 Å². The number of carbonyl (C=O) groups is 1. The molecular formula is C19H31N3O3S. The molecule has 0 atom stereocenters. The van der Waals surface area contributed by atoms with Gasteiger partial charge in [-0.25, -0.2) is 4.31 Å². The fourth-order valence-corrected chi connectivity index (χ4v) is 4.50. The van der Waals surface area contributed by atoms with Crippen LogP contribution >= 0.6 is 0 Å². The molecule has 6 nitrogen and oxygen atoms in total. The van der Waals surface area contributed by atoms with E-state index < -0.39 is 10.2 Å². The third kappa shape index (κ3) is 4.57. The number of carbonyl (C=O) groups excluding carboxylic acids is 1. The second-order valence-electron chi connectivity index (χ2n) is 7.38. The molecule has 0 heterocycles. The van der Waals surface area contributed by atoms with Crippen molar-refractivity contribution in [3.05, 3.63) is 29.3 Å². The lowest BCUT2D eigenvalue weighted by Gasteiger charge is -2.34. The zero-order chi connectivity index (χ0) is 19.5. The van der Waals surface area contributed by atoms with Gasteiger partial charge in [-0.2, -0.15) is 12.7 Å². The van der Waals surface area contributed by atoms with Crippen LogP contribution in [0.1, 0.15) is 43.2 Å². The predicted molar refractivity (Wildman–Crippen MR) is 106 cm³/mol. The molecule has 1 fully saturated rings. The van der Waals surface area contributed by atoms with E-state index in [1.54, 1.807) is 11.9 Å². The van der Waals surface area contributed by atoms with E-state index in [2.05, 4.69) is 0 Å². The summed E-state index contributed by atoms with van der Waals surface area (Å²) in [5, 5.41) is 0. The first kappa shape index (κ1) is 20.7. The number of hydrogen-bond acceptors (Lipinski definition) is 3. The van der Waals surface area contributed by atoms with Crippen molar-refractivity contribution in [2.24, 2.45) is 0 Å². The molecule has 26 heavy (non-hydrogen) atoms. The topological polar surface area (TPSA) is 60.9 Å². The van der Waals surface area contributed by atoms with Crippen molar-refractivity contribution in [3.63, 3.8) is 0 Å². The Hall–Kier alpha value is -1.60. The predicted octanol–water partition coefficient (Wildman–Crippen LogP) is 2.71. The summed E-state index contributed by atoms with van der Waals surface area (Å²) in [4.78, 5) is 14.6. The molecule has 7 heteroatoms. The zero-order valence-electron chi connectivity index (χ0n) is 16.5. The smallest absolute Gasteiger partial charge is 0.304 e. The highest BCUT2D eigenvalue weighted by Gasteiger charge is 2.31. The number of hydrogen-bond donors (Lipinski definition) is 0. The minimum Gasteiger partial charge on any atom is -0.341 e. The number of aryl methyl sites for hydroxylation is 2. The van der Waals surface area contributed by atoms with Crippen LogP contribution in [0.4, 0.5) is 5.69 Å². The Morgan fingerprint density at radius 1 is 1.08 bits per heavy atom. The minimum absolute atomic E-state index is 0.164. The molecule has 146 valence electrons. The van der Waals surface area contributed by atoms with Gasteiger partial charge in [-0.15, -0.1) is 0 Å². The van der Waals surface area contributed by atoms with Crippen LogP contribution in [-0.4, -0.2) is 57.3 Å². The van der Waals surface area contributed by atoms with Gasteiger partial charge in [-0.1, -0.05) is 31.4 Å². The first-order chi connectivity index (χ1) is 12.1. The molecule has 0 bridgehead atoms. The van der Waals surface area contributed by atoms with Crippen LogP contribution in [0.2, 0.25) is 0 Å². The Balaban J connectivity index is 2.32. The molecule has 0 N–H and O–H groups in total. The summed E-state index contributed by atoms with van der Waals surface area (Å²) < 4.78 is 28.2. The lowest BCUT2D eigenvalue weighted by atomic mass is 9.94. The summed E-state index contributed by atoms with van der Waals surface area (Å²) in [6.45, 7) is 3.60. The van der Waals surface area contributed by atoms with Crippen LogP contribution < -0.4 is 4.31 Å². The van der Waals surface area contributed by atoms with E-state index in [0.29, 0.717) is 5.69 Å². The van der Waals surface area contributed by atoms with Crippen molar-refractivity contribution in [2.75, 3.05) is 32.0 Å². The average molecular weight is 382 g/mol. The standard InChI is InChI=1S/C19H31N3O3S/c1-15-11-12-16(2)18(13-15)22(26(24,25)20(3)4)14-19(23)21(5)17-9-7-6-8-10-17/h11-13,17H,6-10,14H2,1-5H3. The van der Waals surface area contributed by atoms with Crippen LogP contribution in [0.5, 0.6) is 0 Å². The minimum atomic E-state index is -3.77. The summed E-state index contributed by atoms with van der Waals surface area (Å²) in [7, 11) is 1.000. The molecule has 1 saturated carbocycles. The quantitative estimate of drug-likeness (QED) is 0.761. The maximum absolute atomic E-state index is 12.9. The highest BCUT2D eigenvalue weighted by Crippen LogP contribution is 2.26. The van der Waals surface area contributed by atoms with E-state index in [1.165, 1.54) is 24.8 Å². The highest BCUT2D eigenvalue weighted by atomic mass is 32.2. The molecule has 0 aliphatic heterocycles. The van der Waals surface area contributed by atoms with Crippen molar-refractivity contribution < 1.29 is 13.2 Å². The third-order valence-electron chi connectivity index (χ3n) is 5.17. The van der Waals surface area contributed by atoms with Crippen LogP contribution in [0.15, 0.2) is 18.2 Å². The Kier molecular flexibility index (Phi) is 6.69. The molecule has 1 aliphatic rings. The van der Waals surface area contributed by atoms with E-state index in [4.69, 9.17) is 0 Å². The second-order valence-corrected chi connectivity index (χ2v) is 9.45. The van der Waals surface area contributed by atoms with Gasteiger partial charge in [-0.3, -0.25) is 4.79 Å². The largest absolute Gasteiger partial charge is 0.341 e. The normalized spacial score (nSPS) is 15.9. The summed E-state index contributed by atoms with van der Waals surface area (Å²) in [5.74, 6) is -0.164. The highest BCUT2D eigenvalue weighted by molar-refractivity contribution is 7.90. The van der Waals surface area contributed by atoms with Crippen LogP contribution in [0.25, 0.3) is 0 Å². The van der Waals surface area contributed by atoms with Crippen LogP contribution in [0.3, 0.4) is 0 Å². The van der Waals surface area contributed by atoms with E-state index >= 15 is 0 Å². The number of nitrogens with zero attached hydrogens (tertiary/aromatic N) is 3. The van der Waals surface area contributed by atoms with Gasteiger partial charge in [0.1, 0.15) is 6.54 Å². The Morgan fingerprint density at radius 3 is 2.27 bits per heavy atom. The van der Waals surface area contributed by atoms with Gasteiger partial charge in [-0.05, 0) is 43.9 Å². The lowest BCUT2D eigenvalue weighted by molar-refractivity contribution is -0.130. The van der Waals surface area contributed by atoms with Crippen LogP contribution in [-0.2, 0) is 15.0 Å². The fraction of sp³-hybridized carbons (Fsp3) is 0.632. The Morgan fingerprint density at radius 2 is 1.69 bits per heavy atom. The number of benzene rings is 1. The molecule has 1 aromatic carbocycles.